The van der Waals surface area contributed by atoms with Gasteiger partial charge in [0.2, 0.25) is 0 Å². The van der Waals surface area contributed by atoms with Crippen molar-refractivity contribution in [3.63, 3.8) is 0 Å². The number of carbonyl (C=O) groups excluding carboxylic acids is 1. The lowest BCUT2D eigenvalue weighted by Crippen LogP contribution is -2.29. The molecule has 7 nitrogen and oxygen atoms in total. The van der Waals surface area contributed by atoms with Gasteiger partial charge in [-0.15, -0.1) is 0 Å². The van der Waals surface area contributed by atoms with Gasteiger partial charge in [0.05, 0.1) is 16.3 Å². The molecule has 2 N–H and O–H groups in total. The lowest BCUT2D eigenvalue weighted by Gasteiger charge is -2.09. The number of anilines is 1. The minimum atomic E-state index is -0.260. The van der Waals surface area contributed by atoms with Gasteiger partial charge >= 0.3 is 0 Å². The molecule has 0 saturated heterocycles. The van der Waals surface area contributed by atoms with Crippen LogP contribution in [0.1, 0.15) is 21.7 Å². The third-order valence-electron chi connectivity index (χ3n) is 3.77. The van der Waals surface area contributed by atoms with Crippen LogP contribution in [0.4, 0.5) is 5.82 Å². The zero-order valence-electron chi connectivity index (χ0n) is 14.8. The van der Waals surface area contributed by atoms with Gasteiger partial charge in [0.25, 0.3) is 5.91 Å². The maximum absolute atomic E-state index is 12.2. The molecule has 0 aliphatic carbocycles. The first kappa shape index (κ1) is 19.1. The quantitative estimate of drug-likeness (QED) is 0.614. The van der Waals surface area contributed by atoms with Crippen molar-refractivity contribution in [3.8, 4) is 5.82 Å². The molecule has 0 atom stereocenters. The minimum Gasteiger partial charge on any atom is -0.368 e. The first-order valence-corrected chi connectivity index (χ1v) is 9.02. The number of nitrogens with one attached hydrogen (secondary N) is 2. The molecule has 27 heavy (non-hydrogen) atoms. The van der Waals surface area contributed by atoms with E-state index in [0.29, 0.717) is 40.3 Å². The highest BCUT2D eigenvalue weighted by molar-refractivity contribution is 6.36. The Morgan fingerprint density at radius 1 is 1.11 bits per heavy atom. The lowest BCUT2D eigenvalue weighted by atomic mass is 10.2. The number of rotatable bonds is 6. The average molecular weight is 405 g/mol. The molecule has 2 heterocycles. The van der Waals surface area contributed by atoms with Gasteiger partial charge < -0.3 is 10.6 Å². The third-order valence-corrected chi connectivity index (χ3v) is 4.32. The van der Waals surface area contributed by atoms with Crippen molar-refractivity contribution in [1.82, 2.24) is 25.1 Å². The fraction of sp³-hybridized carbons (Fsp3) is 0.222. The molecule has 0 saturated carbocycles. The largest absolute Gasteiger partial charge is 0.368 e. The van der Waals surface area contributed by atoms with E-state index in [1.807, 2.05) is 19.9 Å². The summed E-state index contributed by atoms with van der Waals surface area (Å²) in [6.45, 7) is 4.79. The number of nitrogens with zero attached hydrogens (tertiary/aromatic N) is 4. The fourth-order valence-corrected chi connectivity index (χ4v) is 3.05. The van der Waals surface area contributed by atoms with Crippen molar-refractivity contribution in [2.75, 3.05) is 18.4 Å². The Bertz CT molecular complexity index is 972. The van der Waals surface area contributed by atoms with Crippen LogP contribution in [0.15, 0.2) is 36.7 Å². The second-order valence-electron chi connectivity index (χ2n) is 5.91. The number of benzene rings is 1. The van der Waals surface area contributed by atoms with E-state index in [2.05, 4.69) is 25.7 Å². The van der Waals surface area contributed by atoms with E-state index >= 15 is 0 Å². The second-order valence-corrected chi connectivity index (χ2v) is 6.75. The van der Waals surface area contributed by atoms with E-state index < -0.39 is 0 Å². The molecule has 140 valence electrons. The molecule has 3 aromatic rings. The molecule has 0 spiro atoms. The number of carbonyl (C=O) groups is 1. The zero-order valence-corrected chi connectivity index (χ0v) is 16.3. The van der Waals surface area contributed by atoms with Crippen molar-refractivity contribution in [3.05, 3.63) is 63.7 Å². The highest BCUT2D eigenvalue weighted by Crippen LogP contribution is 2.20. The number of hydrogen-bond acceptors (Lipinski definition) is 5. The Kier molecular flexibility index (Phi) is 5.93. The number of aryl methyl sites for hydroxylation is 2. The molecule has 0 radical (unpaired) electrons. The van der Waals surface area contributed by atoms with E-state index in [9.17, 15) is 4.79 Å². The summed E-state index contributed by atoms with van der Waals surface area (Å²) in [5, 5.41) is 11.2. The topological polar surface area (TPSA) is 84.7 Å². The van der Waals surface area contributed by atoms with Crippen LogP contribution in [0.2, 0.25) is 10.0 Å². The Morgan fingerprint density at radius 2 is 1.93 bits per heavy atom. The summed E-state index contributed by atoms with van der Waals surface area (Å²) in [6, 6.07) is 8.54. The fourth-order valence-electron chi connectivity index (χ4n) is 2.56. The molecule has 0 aliphatic heterocycles. The van der Waals surface area contributed by atoms with Crippen molar-refractivity contribution >= 4 is 34.9 Å². The summed E-state index contributed by atoms with van der Waals surface area (Å²) in [6.07, 6.45) is 1.47. The summed E-state index contributed by atoms with van der Waals surface area (Å²) >= 11 is 11.9. The smallest absolute Gasteiger partial charge is 0.252 e. The maximum atomic E-state index is 12.2. The summed E-state index contributed by atoms with van der Waals surface area (Å²) in [4.78, 5) is 20.6. The van der Waals surface area contributed by atoms with E-state index in [-0.39, 0.29) is 5.91 Å². The van der Waals surface area contributed by atoms with E-state index in [1.54, 1.807) is 22.9 Å². The predicted octanol–water partition coefficient (Wildman–Crippen LogP) is 3.43. The molecule has 1 amide bonds. The van der Waals surface area contributed by atoms with Crippen LogP contribution in [0.3, 0.4) is 0 Å². The first-order valence-electron chi connectivity index (χ1n) is 8.27. The summed E-state index contributed by atoms with van der Waals surface area (Å²) < 4.78 is 1.76. The van der Waals surface area contributed by atoms with Crippen molar-refractivity contribution in [1.29, 1.82) is 0 Å². The molecular weight excluding hydrogens is 387 g/mol. The van der Waals surface area contributed by atoms with Gasteiger partial charge in [-0.25, -0.2) is 14.6 Å². The van der Waals surface area contributed by atoms with Gasteiger partial charge in [-0.1, -0.05) is 23.2 Å². The van der Waals surface area contributed by atoms with Crippen LogP contribution in [-0.4, -0.2) is 38.7 Å². The summed E-state index contributed by atoms with van der Waals surface area (Å²) in [7, 11) is 0. The van der Waals surface area contributed by atoms with Crippen molar-refractivity contribution < 1.29 is 4.79 Å². The number of aromatic nitrogens is 4. The normalized spacial score (nSPS) is 10.7. The van der Waals surface area contributed by atoms with Crippen LogP contribution in [0.25, 0.3) is 5.82 Å². The Hall–Kier alpha value is -2.64. The zero-order chi connectivity index (χ0) is 19.4. The average Bonchev–Trinajstić information content (AvgIpc) is 2.97. The van der Waals surface area contributed by atoms with E-state index in [0.717, 1.165) is 11.4 Å². The van der Waals surface area contributed by atoms with Gasteiger partial charge in [0.15, 0.2) is 5.82 Å². The number of hydrogen-bond donors (Lipinski definition) is 2. The maximum Gasteiger partial charge on any atom is 0.252 e. The standard InChI is InChI=1S/C18H18Cl2N6O/c1-11-7-12(2)26(25-11)17-9-16(23-10-24-17)21-5-6-22-18(27)14-4-3-13(19)8-15(14)20/h3-4,7-10H,5-6H2,1-2H3,(H,22,27)(H,21,23,24). The van der Waals surface area contributed by atoms with Crippen LogP contribution in [0, 0.1) is 13.8 Å². The van der Waals surface area contributed by atoms with Crippen LogP contribution in [-0.2, 0) is 0 Å². The van der Waals surface area contributed by atoms with Gasteiger partial charge in [-0.3, -0.25) is 4.79 Å². The molecule has 9 heteroatoms. The van der Waals surface area contributed by atoms with Crippen molar-refractivity contribution in [2.45, 2.75) is 13.8 Å². The lowest BCUT2D eigenvalue weighted by molar-refractivity contribution is 0.0955. The molecular formula is C18H18Cl2N6O. The third kappa shape index (κ3) is 4.75. The monoisotopic (exact) mass is 404 g/mol. The number of halogens is 2. The predicted molar refractivity (Wildman–Crippen MR) is 106 cm³/mol. The van der Waals surface area contributed by atoms with Crippen LogP contribution in [0.5, 0.6) is 0 Å². The Balaban J connectivity index is 1.56. The van der Waals surface area contributed by atoms with Crippen molar-refractivity contribution in [2.24, 2.45) is 0 Å². The highest BCUT2D eigenvalue weighted by Gasteiger charge is 2.10. The van der Waals surface area contributed by atoms with Gasteiger partial charge in [0.1, 0.15) is 12.1 Å². The van der Waals surface area contributed by atoms with E-state index in [1.165, 1.54) is 12.4 Å². The molecule has 1 aromatic carbocycles. The first-order chi connectivity index (χ1) is 12.9. The highest BCUT2D eigenvalue weighted by atomic mass is 35.5. The van der Waals surface area contributed by atoms with Crippen LogP contribution < -0.4 is 10.6 Å². The van der Waals surface area contributed by atoms with Gasteiger partial charge in [-0.2, -0.15) is 5.10 Å². The van der Waals surface area contributed by atoms with Gasteiger partial charge in [-0.05, 0) is 38.1 Å². The molecule has 2 aromatic heterocycles. The van der Waals surface area contributed by atoms with Gasteiger partial charge in [0, 0.05) is 29.9 Å². The second kappa shape index (κ2) is 8.37. The molecule has 0 aliphatic rings. The SMILES string of the molecule is Cc1cc(C)n(-c2cc(NCCNC(=O)c3ccc(Cl)cc3Cl)ncn2)n1. The number of amides is 1. The summed E-state index contributed by atoms with van der Waals surface area (Å²) in [5.74, 6) is 1.06. The molecule has 0 unspecified atom stereocenters. The Morgan fingerprint density at radius 3 is 2.63 bits per heavy atom. The van der Waals surface area contributed by atoms with Crippen LogP contribution >= 0.6 is 23.2 Å². The molecule has 0 fully saturated rings. The molecule has 3 rings (SSSR count). The summed E-state index contributed by atoms with van der Waals surface area (Å²) in [5.41, 5.74) is 2.29. The minimum absolute atomic E-state index is 0.260. The molecule has 0 bridgehead atoms. The van der Waals surface area contributed by atoms with E-state index in [4.69, 9.17) is 23.2 Å². The Labute approximate surface area is 166 Å².